The Morgan fingerprint density at radius 2 is 1.81 bits per heavy atom. The molecular formula is C16H20N6O3S. The van der Waals surface area contributed by atoms with E-state index in [9.17, 15) is 13.2 Å². The molecule has 3 rings (SSSR count). The second-order valence-corrected chi connectivity index (χ2v) is 7.66. The van der Waals surface area contributed by atoms with Gasteiger partial charge in [0.05, 0.1) is 0 Å². The number of nitrogens with zero attached hydrogens (tertiary/aromatic N) is 5. The fraction of sp³-hybridized carbons (Fsp3) is 0.375. The lowest BCUT2D eigenvalue weighted by molar-refractivity contribution is -0.132. The van der Waals surface area contributed by atoms with Gasteiger partial charge in [-0.25, -0.2) is 18.4 Å². The fourth-order valence-corrected chi connectivity index (χ4v) is 4.04. The number of piperazine rings is 1. The van der Waals surface area contributed by atoms with E-state index in [1.807, 2.05) is 0 Å². The van der Waals surface area contributed by atoms with Crippen molar-refractivity contribution in [3.05, 3.63) is 43.0 Å². The van der Waals surface area contributed by atoms with Crippen LogP contribution in [-0.2, 0) is 14.8 Å². The molecule has 10 heteroatoms. The molecule has 26 heavy (non-hydrogen) atoms. The summed E-state index contributed by atoms with van der Waals surface area (Å²) in [5, 5.41) is 2.99. The van der Waals surface area contributed by atoms with Crippen LogP contribution in [-0.4, -0.2) is 71.2 Å². The van der Waals surface area contributed by atoms with Gasteiger partial charge in [-0.1, -0.05) is 0 Å². The lowest BCUT2D eigenvalue weighted by Gasteiger charge is -2.34. The van der Waals surface area contributed by atoms with Crippen LogP contribution >= 0.6 is 0 Å². The van der Waals surface area contributed by atoms with E-state index in [4.69, 9.17) is 0 Å². The minimum absolute atomic E-state index is 0.0214. The molecule has 0 saturated carbocycles. The first-order chi connectivity index (χ1) is 12.6. The third-order valence-corrected chi connectivity index (χ3v) is 5.93. The zero-order valence-corrected chi connectivity index (χ0v) is 15.0. The molecule has 3 heterocycles. The Morgan fingerprint density at radius 3 is 2.46 bits per heavy atom. The molecule has 2 aromatic rings. The van der Waals surface area contributed by atoms with E-state index in [0.29, 0.717) is 32.0 Å². The molecule has 1 saturated heterocycles. The van der Waals surface area contributed by atoms with Crippen molar-refractivity contribution < 1.29 is 13.2 Å². The molecule has 1 fully saturated rings. The molecule has 1 amide bonds. The van der Waals surface area contributed by atoms with E-state index >= 15 is 0 Å². The highest BCUT2D eigenvalue weighted by Crippen LogP contribution is 2.16. The molecule has 2 aromatic heterocycles. The quantitative estimate of drug-likeness (QED) is 0.767. The van der Waals surface area contributed by atoms with Gasteiger partial charge in [-0.2, -0.15) is 4.31 Å². The topological polar surface area (TPSA) is 108 Å². The number of hydrogen-bond acceptors (Lipinski definition) is 7. The van der Waals surface area contributed by atoms with Crippen molar-refractivity contribution in [2.45, 2.75) is 11.3 Å². The molecule has 1 aliphatic heterocycles. The van der Waals surface area contributed by atoms with E-state index < -0.39 is 10.0 Å². The summed E-state index contributed by atoms with van der Waals surface area (Å²) < 4.78 is 26.5. The second-order valence-electron chi connectivity index (χ2n) is 5.72. The lowest BCUT2D eigenvalue weighted by Crippen LogP contribution is -2.50. The van der Waals surface area contributed by atoms with Crippen LogP contribution in [0.15, 0.2) is 47.9 Å². The Labute approximate surface area is 152 Å². The van der Waals surface area contributed by atoms with Crippen LogP contribution in [0.4, 0.5) is 5.95 Å². The van der Waals surface area contributed by atoms with Crippen LogP contribution in [0.5, 0.6) is 0 Å². The summed E-state index contributed by atoms with van der Waals surface area (Å²) in [7, 11) is -3.56. The van der Waals surface area contributed by atoms with Crippen molar-refractivity contribution in [2.75, 3.05) is 38.0 Å². The summed E-state index contributed by atoms with van der Waals surface area (Å²) in [6.45, 7) is 1.73. The van der Waals surface area contributed by atoms with Gasteiger partial charge in [-0.05, 0) is 18.2 Å². The largest absolute Gasteiger partial charge is 0.354 e. The number of aromatic nitrogens is 3. The summed E-state index contributed by atoms with van der Waals surface area (Å²) >= 11 is 0. The van der Waals surface area contributed by atoms with Crippen molar-refractivity contribution in [1.29, 1.82) is 0 Å². The summed E-state index contributed by atoms with van der Waals surface area (Å²) in [6, 6.07) is 4.84. The van der Waals surface area contributed by atoms with Gasteiger partial charge in [-0.3, -0.25) is 9.78 Å². The Bertz CT molecular complexity index is 824. The van der Waals surface area contributed by atoms with Gasteiger partial charge in [-0.15, -0.1) is 0 Å². The van der Waals surface area contributed by atoms with E-state index in [1.165, 1.54) is 22.8 Å². The summed E-state index contributed by atoms with van der Waals surface area (Å²) in [6.07, 6.45) is 6.42. The smallest absolute Gasteiger partial charge is 0.244 e. The highest BCUT2D eigenvalue weighted by Gasteiger charge is 2.29. The molecule has 1 aliphatic rings. The maximum atomic E-state index is 12.6. The summed E-state index contributed by atoms with van der Waals surface area (Å²) in [5.74, 6) is 0.458. The molecule has 1 N–H and O–H groups in total. The molecule has 0 aromatic carbocycles. The molecule has 0 bridgehead atoms. The first-order valence-electron chi connectivity index (χ1n) is 8.26. The maximum absolute atomic E-state index is 12.6. The maximum Gasteiger partial charge on any atom is 0.244 e. The minimum atomic E-state index is -3.56. The second kappa shape index (κ2) is 8.19. The van der Waals surface area contributed by atoms with Gasteiger partial charge in [0.2, 0.25) is 21.9 Å². The van der Waals surface area contributed by atoms with E-state index in [0.717, 1.165) is 0 Å². The van der Waals surface area contributed by atoms with Gasteiger partial charge in [0.25, 0.3) is 0 Å². The number of sulfonamides is 1. The van der Waals surface area contributed by atoms with Crippen LogP contribution in [0.2, 0.25) is 0 Å². The normalized spacial score (nSPS) is 15.6. The zero-order valence-electron chi connectivity index (χ0n) is 14.2. The Balaban J connectivity index is 1.48. The van der Waals surface area contributed by atoms with Crippen molar-refractivity contribution in [2.24, 2.45) is 0 Å². The van der Waals surface area contributed by atoms with Crippen molar-refractivity contribution in [3.63, 3.8) is 0 Å². The predicted molar refractivity (Wildman–Crippen MR) is 94.7 cm³/mol. The third kappa shape index (κ3) is 4.33. The average molecular weight is 376 g/mol. The van der Waals surface area contributed by atoms with Crippen molar-refractivity contribution >= 4 is 21.9 Å². The van der Waals surface area contributed by atoms with Gasteiger partial charge >= 0.3 is 0 Å². The number of rotatable bonds is 6. The first kappa shape index (κ1) is 18.2. The number of pyridine rings is 1. The highest BCUT2D eigenvalue weighted by molar-refractivity contribution is 7.89. The van der Waals surface area contributed by atoms with Crippen LogP contribution in [0, 0.1) is 0 Å². The van der Waals surface area contributed by atoms with E-state index in [2.05, 4.69) is 20.3 Å². The van der Waals surface area contributed by atoms with Gasteiger partial charge in [0.1, 0.15) is 4.90 Å². The lowest BCUT2D eigenvalue weighted by atomic mass is 10.3. The number of hydrogen-bond donors (Lipinski definition) is 1. The molecule has 138 valence electrons. The predicted octanol–water partition coefficient (Wildman–Crippen LogP) is 0.207. The Hall–Kier alpha value is -2.59. The van der Waals surface area contributed by atoms with Gasteiger partial charge in [0.15, 0.2) is 0 Å². The van der Waals surface area contributed by atoms with Crippen molar-refractivity contribution in [1.82, 2.24) is 24.2 Å². The van der Waals surface area contributed by atoms with Crippen LogP contribution < -0.4 is 5.32 Å². The average Bonchev–Trinajstić information content (AvgIpc) is 2.69. The summed E-state index contributed by atoms with van der Waals surface area (Å²) in [5.41, 5.74) is 0. The standard InChI is InChI=1S/C16H20N6O3S/c23-15(4-8-20-16-18-6-2-7-19-16)21-9-11-22(12-10-21)26(24,25)14-3-1-5-17-13-14/h1-3,5-7,13H,4,8-12H2,(H,18,19,20). The number of carbonyl (C=O) groups is 1. The Morgan fingerprint density at radius 1 is 1.08 bits per heavy atom. The molecule has 0 atom stereocenters. The number of carbonyl (C=O) groups excluding carboxylic acids is 1. The summed E-state index contributed by atoms with van der Waals surface area (Å²) in [4.78, 5) is 26.1. The number of anilines is 1. The monoisotopic (exact) mass is 376 g/mol. The van der Waals surface area contributed by atoms with E-state index in [-0.39, 0.29) is 23.9 Å². The number of nitrogens with one attached hydrogen (secondary N) is 1. The first-order valence-corrected chi connectivity index (χ1v) is 9.70. The fourth-order valence-electron chi connectivity index (χ4n) is 2.66. The molecule has 0 radical (unpaired) electrons. The molecule has 0 spiro atoms. The molecule has 0 aliphatic carbocycles. The highest BCUT2D eigenvalue weighted by atomic mass is 32.2. The van der Waals surface area contributed by atoms with Gasteiger partial charge < -0.3 is 10.2 Å². The van der Waals surface area contributed by atoms with Crippen molar-refractivity contribution in [3.8, 4) is 0 Å². The minimum Gasteiger partial charge on any atom is -0.354 e. The number of amides is 1. The van der Waals surface area contributed by atoms with Crippen LogP contribution in [0.25, 0.3) is 0 Å². The van der Waals surface area contributed by atoms with E-state index in [1.54, 1.807) is 29.4 Å². The molecule has 0 unspecified atom stereocenters. The van der Waals surface area contributed by atoms with Crippen LogP contribution in [0.1, 0.15) is 6.42 Å². The van der Waals surface area contributed by atoms with Gasteiger partial charge in [0, 0.05) is 63.9 Å². The SMILES string of the molecule is O=C(CCNc1ncccn1)N1CCN(S(=O)(=O)c2cccnc2)CC1. The van der Waals surface area contributed by atoms with Crippen LogP contribution in [0.3, 0.4) is 0 Å². The molecular weight excluding hydrogens is 356 g/mol. The zero-order chi connectivity index (χ0) is 18.4. The molecule has 9 nitrogen and oxygen atoms in total. The Kier molecular flexibility index (Phi) is 5.74. The third-order valence-electron chi connectivity index (χ3n) is 4.05.